The Hall–Kier alpha value is -2.72. The predicted molar refractivity (Wildman–Crippen MR) is 133 cm³/mol. The van der Waals surface area contributed by atoms with E-state index in [0.29, 0.717) is 27.7 Å². The van der Waals surface area contributed by atoms with Crippen molar-refractivity contribution in [3.05, 3.63) is 54.0 Å². The average molecular weight is 506 g/mol. The van der Waals surface area contributed by atoms with Crippen molar-refractivity contribution >= 4 is 56.0 Å². The van der Waals surface area contributed by atoms with Gasteiger partial charge in [-0.15, -0.1) is 12.4 Å². The van der Waals surface area contributed by atoms with Gasteiger partial charge in [0.2, 0.25) is 0 Å². The molecule has 2 aromatic heterocycles. The molecule has 180 valence electrons. The van der Waals surface area contributed by atoms with Crippen molar-refractivity contribution in [3.63, 3.8) is 0 Å². The first-order valence-electron chi connectivity index (χ1n) is 10.9. The highest BCUT2D eigenvalue weighted by molar-refractivity contribution is 7.22. The minimum atomic E-state index is -0.399. The highest BCUT2D eigenvalue weighted by atomic mass is 35.5. The topological polar surface area (TPSA) is 68.0 Å². The molecule has 34 heavy (non-hydrogen) atoms. The number of rotatable bonds is 7. The van der Waals surface area contributed by atoms with Gasteiger partial charge in [0, 0.05) is 31.6 Å². The van der Waals surface area contributed by atoms with Crippen LogP contribution in [0, 0.1) is 5.82 Å². The molecule has 0 saturated carbocycles. The van der Waals surface area contributed by atoms with Crippen LogP contribution in [0.15, 0.2) is 46.9 Å². The number of fused-ring (bicyclic) bond motifs is 2. The molecule has 3 heterocycles. The summed E-state index contributed by atoms with van der Waals surface area (Å²) in [5.74, 6) is 0.0481. The van der Waals surface area contributed by atoms with Crippen LogP contribution in [0.3, 0.4) is 0 Å². The molecule has 1 aliphatic rings. The summed E-state index contributed by atoms with van der Waals surface area (Å²) in [6.07, 6.45) is 0.744. The Morgan fingerprint density at radius 3 is 2.79 bits per heavy atom. The van der Waals surface area contributed by atoms with E-state index in [9.17, 15) is 9.18 Å². The quantitative estimate of drug-likeness (QED) is 0.353. The van der Waals surface area contributed by atoms with Crippen molar-refractivity contribution in [2.45, 2.75) is 6.42 Å². The molecule has 0 radical (unpaired) electrons. The fraction of sp³-hybridized carbons (Fsp3) is 0.333. The smallest absolute Gasteiger partial charge is 0.295 e. The number of halogens is 2. The maximum Gasteiger partial charge on any atom is 0.295 e. The van der Waals surface area contributed by atoms with Gasteiger partial charge in [-0.1, -0.05) is 29.5 Å². The van der Waals surface area contributed by atoms with Gasteiger partial charge >= 0.3 is 0 Å². The molecule has 0 bridgehead atoms. The molecule has 1 aliphatic heterocycles. The highest BCUT2D eigenvalue weighted by Crippen LogP contribution is 2.33. The number of hydrogen-bond donors (Lipinski definition) is 0. The van der Waals surface area contributed by atoms with Gasteiger partial charge in [0.25, 0.3) is 5.91 Å². The van der Waals surface area contributed by atoms with Gasteiger partial charge in [0.1, 0.15) is 11.3 Å². The molecule has 0 aliphatic carbocycles. The largest absolute Gasteiger partial charge is 0.493 e. The Morgan fingerprint density at radius 1 is 1.24 bits per heavy atom. The molecule has 1 fully saturated rings. The van der Waals surface area contributed by atoms with Gasteiger partial charge in [0.15, 0.2) is 22.2 Å². The van der Waals surface area contributed by atoms with Gasteiger partial charge < -0.3 is 13.9 Å². The van der Waals surface area contributed by atoms with Crippen LogP contribution in [0.1, 0.15) is 17.0 Å². The zero-order valence-electron chi connectivity index (χ0n) is 18.7. The van der Waals surface area contributed by atoms with E-state index in [0.717, 1.165) is 44.7 Å². The molecule has 1 amide bonds. The van der Waals surface area contributed by atoms with Gasteiger partial charge in [-0.05, 0) is 30.7 Å². The molecule has 10 heteroatoms. The number of para-hydroxylation sites is 2. The van der Waals surface area contributed by atoms with Crippen LogP contribution in [0.4, 0.5) is 9.52 Å². The Bertz CT molecular complexity index is 1290. The van der Waals surface area contributed by atoms with Crippen LogP contribution >= 0.6 is 23.7 Å². The minimum Gasteiger partial charge on any atom is -0.493 e. The van der Waals surface area contributed by atoms with E-state index in [1.807, 2.05) is 18.2 Å². The van der Waals surface area contributed by atoms with Crippen LogP contribution in [0.5, 0.6) is 5.75 Å². The van der Waals surface area contributed by atoms with Gasteiger partial charge in [0.05, 0.1) is 25.0 Å². The zero-order chi connectivity index (χ0) is 22.8. The second kappa shape index (κ2) is 10.7. The standard InChI is InChI=1S/C24H24FN3O4S.ClH/c1-30-18-7-2-5-16-15-19(32-22(16)18)23(29)28(10-4-9-27-11-13-31-14-12-27)24-26-21-17(25)6-3-8-20(21)33-24;/h2-3,5-8,15H,4,9-14H2,1H3;1H. The summed E-state index contributed by atoms with van der Waals surface area (Å²) < 4.78 is 31.7. The number of amides is 1. The predicted octanol–water partition coefficient (Wildman–Crippen LogP) is 4.98. The van der Waals surface area contributed by atoms with Crippen molar-refractivity contribution in [2.75, 3.05) is 51.4 Å². The number of benzene rings is 2. The number of hydrogen-bond acceptors (Lipinski definition) is 7. The molecule has 2 aromatic carbocycles. The summed E-state index contributed by atoms with van der Waals surface area (Å²) >= 11 is 1.30. The van der Waals surface area contributed by atoms with Gasteiger partial charge in [-0.25, -0.2) is 9.37 Å². The first-order chi connectivity index (χ1) is 16.1. The van der Waals surface area contributed by atoms with E-state index >= 15 is 0 Å². The van der Waals surface area contributed by atoms with Crippen molar-refractivity contribution in [3.8, 4) is 5.75 Å². The van der Waals surface area contributed by atoms with Gasteiger partial charge in [-0.2, -0.15) is 0 Å². The Balaban J connectivity index is 0.00000274. The first-order valence-corrected chi connectivity index (χ1v) is 11.7. The van der Waals surface area contributed by atoms with E-state index in [4.69, 9.17) is 13.9 Å². The van der Waals surface area contributed by atoms with Crippen molar-refractivity contribution in [1.29, 1.82) is 0 Å². The lowest BCUT2D eigenvalue weighted by Gasteiger charge is -2.27. The second-order valence-electron chi connectivity index (χ2n) is 7.84. The maximum atomic E-state index is 14.3. The lowest BCUT2D eigenvalue weighted by molar-refractivity contribution is 0.0376. The minimum absolute atomic E-state index is 0. The molecule has 7 nitrogen and oxygen atoms in total. The molecule has 4 aromatic rings. The number of morpholine rings is 1. The van der Waals surface area contributed by atoms with E-state index in [2.05, 4.69) is 9.88 Å². The number of ether oxygens (including phenoxy) is 2. The molecule has 0 N–H and O–H groups in total. The third-order valence-corrected chi connectivity index (χ3v) is 6.78. The summed E-state index contributed by atoms with van der Waals surface area (Å²) in [6, 6.07) is 12.1. The van der Waals surface area contributed by atoms with Crippen molar-refractivity contribution in [1.82, 2.24) is 9.88 Å². The number of aromatic nitrogens is 1. The summed E-state index contributed by atoms with van der Waals surface area (Å²) in [6.45, 7) is 4.47. The summed E-state index contributed by atoms with van der Waals surface area (Å²) in [7, 11) is 1.56. The molecule has 1 saturated heterocycles. The number of carbonyl (C=O) groups excluding carboxylic acids is 1. The second-order valence-corrected chi connectivity index (χ2v) is 8.85. The Kier molecular flexibility index (Phi) is 7.67. The van der Waals surface area contributed by atoms with Crippen LogP contribution in [-0.2, 0) is 4.74 Å². The van der Waals surface area contributed by atoms with Crippen LogP contribution in [0.25, 0.3) is 21.2 Å². The molecular formula is C24H25ClFN3O4S. The summed E-state index contributed by atoms with van der Waals surface area (Å²) in [5, 5.41) is 1.23. The number of methoxy groups -OCH3 is 1. The molecule has 0 unspecified atom stereocenters. The van der Waals surface area contributed by atoms with E-state index in [-0.39, 0.29) is 29.6 Å². The lowest BCUT2D eigenvalue weighted by Crippen LogP contribution is -2.39. The molecular weight excluding hydrogens is 481 g/mol. The van der Waals surface area contributed by atoms with Crippen molar-refractivity contribution in [2.24, 2.45) is 0 Å². The van der Waals surface area contributed by atoms with E-state index in [1.165, 1.54) is 17.4 Å². The summed E-state index contributed by atoms with van der Waals surface area (Å²) in [4.78, 5) is 22.0. The Morgan fingerprint density at radius 2 is 2.03 bits per heavy atom. The molecule has 0 spiro atoms. The fourth-order valence-corrected chi connectivity index (χ4v) is 5.02. The zero-order valence-corrected chi connectivity index (χ0v) is 20.3. The highest BCUT2D eigenvalue weighted by Gasteiger charge is 2.26. The summed E-state index contributed by atoms with van der Waals surface area (Å²) in [5.41, 5.74) is 0.793. The number of furan rings is 1. The van der Waals surface area contributed by atoms with Crippen LogP contribution in [0.2, 0.25) is 0 Å². The number of thiazole rings is 1. The average Bonchev–Trinajstić information content (AvgIpc) is 3.47. The fourth-order valence-electron chi connectivity index (χ4n) is 4.02. The maximum absolute atomic E-state index is 14.3. The van der Waals surface area contributed by atoms with E-state index < -0.39 is 5.82 Å². The van der Waals surface area contributed by atoms with E-state index in [1.54, 1.807) is 30.2 Å². The number of carbonyl (C=O) groups is 1. The third kappa shape index (κ3) is 4.88. The third-order valence-electron chi connectivity index (χ3n) is 5.73. The lowest BCUT2D eigenvalue weighted by atomic mass is 10.2. The monoisotopic (exact) mass is 505 g/mol. The molecule has 5 rings (SSSR count). The first kappa shape index (κ1) is 24.4. The van der Waals surface area contributed by atoms with Crippen molar-refractivity contribution < 1.29 is 23.1 Å². The molecule has 0 atom stereocenters. The SMILES string of the molecule is COc1cccc2cc(C(=O)N(CCCN3CCOCC3)c3nc4c(F)cccc4s3)oc12.Cl. The number of nitrogens with zero attached hydrogens (tertiary/aromatic N) is 3. The van der Waals surface area contributed by atoms with Gasteiger partial charge in [-0.3, -0.25) is 14.6 Å². The Labute approximate surface area is 206 Å². The van der Waals surface area contributed by atoms with Crippen LogP contribution in [-0.4, -0.2) is 62.3 Å². The van der Waals surface area contributed by atoms with Crippen LogP contribution < -0.4 is 9.64 Å². The number of anilines is 1. The normalized spacial score (nSPS) is 14.3.